The Balaban J connectivity index is 2.07. The van der Waals surface area contributed by atoms with Crippen LogP contribution in [0.3, 0.4) is 0 Å². The summed E-state index contributed by atoms with van der Waals surface area (Å²) in [5.74, 6) is 0.164. The van der Waals surface area contributed by atoms with E-state index in [2.05, 4.69) is 0 Å². The van der Waals surface area contributed by atoms with Crippen LogP contribution < -0.4 is 0 Å². The molecule has 0 bridgehead atoms. The monoisotopic (exact) mass is 291 g/mol. The molecular weight excluding hydrogens is 266 g/mol. The molecule has 1 heterocycles. The van der Waals surface area contributed by atoms with Gasteiger partial charge in [0.25, 0.3) is 0 Å². The standard InChI is InChI=1S/C13H25NO4S/c1-18-9-10-19(16,17)14-8-4-6-12(14)11-5-2-3-7-13(11)15/h11-13,15H,2-10H2,1H3. The lowest BCUT2D eigenvalue weighted by molar-refractivity contribution is 0.0385. The summed E-state index contributed by atoms with van der Waals surface area (Å²) < 4.78 is 31.1. The van der Waals surface area contributed by atoms with Crippen LogP contribution in [-0.4, -0.2) is 56.0 Å². The molecule has 2 aliphatic rings. The molecule has 0 aromatic heterocycles. The maximum atomic E-state index is 12.3. The minimum absolute atomic E-state index is 0.00263. The minimum Gasteiger partial charge on any atom is -0.393 e. The van der Waals surface area contributed by atoms with Crippen molar-refractivity contribution in [2.75, 3.05) is 26.0 Å². The summed E-state index contributed by atoms with van der Waals surface area (Å²) in [6.45, 7) is 0.832. The van der Waals surface area contributed by atoms with Gasteiger partial charge < -0.3 is 9.84 Å². The van der Waals surface area contributed by atoms with E-state index in [-0.39, 0.29) is 30.4 Å². The number of hydrogen-bond donors (Lipinski definition) is 1. The van der Waals surface area contributed by atoms with Crippen molar-refractivity contribution >= 4 is 10.0 Å². The summed E-state index contributed by atoms with van der Waals surface area (Å²) in [6, 6.07) is -0.00263. The van der Waals surface area contributed by atoms with Crippen LogP contribution in [0.15, 0.2) is 0 Å². The van der Waals surface area contributed by atoms with Gasteiger partial charge in [0.2, 0.25) is 10.0 Å². The predicted octanol–water partition coefficient (Wildman–Crippen LogP) is 0.978. The minimum atomic E-state index is -3.25. The van der Waals surface area contributed by atoms with E-state index >= 15 is 0 Å². The van der Waals surface area contributed by atoms with Crippen LogP contribution in [0.4, 0.5) is 0 Å². The van der Waals surface area contributed by atoms with Crippen molar-refractivity contribution in [2.24, 2.45) is 5.92 Å². The van der Waals surface area contributed by atoms with Crippen molar-refractivity contribution in [3.63, 3.8) is 0 Å². The van der Waals surface area contributed by atoms with Gasteiger partial charge >= 0.3 is 0 Å². The number of nitrogens with zero attached hydrogens (tertiary/aromatic N) is 1. The molecule has 3 unspecified atom stereocenters. The van der Waals surface area contributed by atoms with Crippen molar-refractivity contribution in [1.82, 2.24) is 4.31 Å². The Labute approximate surface area is 116 Å². The quantitative estimate of drug-likeness (QED) is 0.820. The van der Waals surface area contributed by atoms with Crippen LogP contribution in [0.2, 0.25) is 0 Å². The average molecular weight is 291 g/mol. The van der Waals surface area contributed by atoms with E-state index < -0.39 is 10.0 Å². The Bertz CT molecular complexity index is 384. The van der Waals surface area contributed by atoms with E-state index in [1.165, 1.54) is 7.11 Å². The lowest BCUT2D eigenvalue weighted by Gasteiger charge is -2.36. The van der Waals surface area contributed by atoms with Crippen LogP contribution in [0.5, 0.6) is 0 Å². The van der Waals surface area contributed by atoms with Gasteiger partial charge in [0.1, 0.15) is 0 Å². The highest BCUT2D eigenvalue weighted by Crippen LogP contribution is 2.35. The molecule has 0 radical (unpaired) electrons. The summed E-state index contributed by atoms with van der Waals surface area (Å²) in [7, 11) is -1.73. The maximum absolute atomic E-state index is 12.3. The molecule has 0 spiro atoms. The zero-order chi connectivity index (χ0) is 13.9. The topological polar surface area (TPSA) is 66.8 Å². The number of methoxy groups -OCH3 is 1. The molecule has 0 aromatic carbocycles. The van der Waals surface area contributed by atoms with Crippen LogP contribution >= 0.6 is 0 Å². The van der Waals surface area contributed by atoms with Crippen molar-refractivity contribution in [2.45, 2.75) is 50.7 Å². The first-order chi connectivity index (χ1) is 9.06. The number of sulfonamides is 1. The van der Waals surface area contributed by atoms with Crippen LogP contribution in [0.1, 0.15) is 38.5 Å². The third-order valence-corrected chi connectivity index (χ3v) is 6.28. The van der Waals surface area contributed by atoms with E-state index in [1.54, 1.807) is 4.31 Å². The predicted molar refractivity (Wildman–Crippen MR) is 73.4 cm³/mol. The van der Waals surface area contributed by atoms with Crippen molar-refractivity contribution in [3.8, 4) is 0 Å². The third kappa shape index (κ3) is 3.48. The molecule has 112 valence electrons. The maximum Gasteiger partial charge on any atom is 0.216 e. The highest BCUT2D eigenvalue weighted by Gasteiger charge is 2.41. The van der Waals surface area contributed by atoms with Gasteiger partial charge in [-0.25, -0.2) is 8.42 Å². The zero-order valence-corrected chi connectivity index (χ0v) is 12.4. The first-order valence-electron chi connectivity index (χ1n) is 7.23. The summed E-state index contributed by atoms with van der Waals surface area (Å²) in [5.41, 5.74) is 0. The molecule has 1 saturated carbocycles. The molecule has 2 fully saturated rings. The SMILES string of the molecule is COCCS(=O)(=O)N1CCCC1C1CCCCC1O. The molecule has 1 N–H and O–H groups in total. The molecule has 1 aliphatic carbocycles. The van der Waals surface area contributed by atoms with E-state index in [0.717, 1.165) is 38.5 Å². The highest BCUT2D eigenvalue weighted by molar-refractivity contribution is 7.89. The normalized spacial score (nSPS) is 33.7. The third-order valence-electron chi connectivity index (χ3n) is 4.43. The lowest BCUT2D eigenvalue weighted by Crippen LogP contribution is -2.46. The summed E-state index contributed by atoms with van der Waals surface area (Å²) in [5, 5.41) is 10.1. The Hall–Kier alpha value is -0.170. The molecular formula is C13H25NO4S. The first-order valence-corrected chi connectivity index (χ1v) is 8.83. The van der Waals surface area contributed by atoms with Gasteiger partial charge in [-0.15, -0.1) is 0 Å². The Morgan fingerprint density at radius 2 is 1.95 bits per heavy atom. The average Bonchev–Trinajstić information content (AvgIpc) is 2.87. The van der Waals surface area contributed by atoms with Gasteiger partial charge in [-0.05, 0) is 25.7 Å². The van der Waals surface area contributed by atoms with Crippen molar-refractivity contribution < 1.29 is 18.3 Å². The Kier molecular flexibility index (Phi) is 5.22. The van der Waals surface area contributed by atoms with Crippen molar-refractivity contribution in [1.29, 1.82) is 0 Å². The Morgan fingerprint density at radius 3 is 2.63 bits per heavy atom. The fourth-order valence-electron chi connectivity index (χ4n) is 3.43. The second-order valence-corrected chi connectivity index (χ2v) is 7.69. The van der Waals surface area contributed by atoms with Gasteiger partial charge in [0.15, 0.2) is 0 Å². The number of aliphatic hydroxyl groups excluding tert-OH is 1. The van der Waals surface area contributed by atoms with Gasteiger partial charge in [-0.2, -0.15) is 4.31 Å². The second-order valence-electron chi connectivity index (χ2n) is 5.64. The number of rotatable bonds is 5. The van der Waals surface area contributed by atoms with E-state index in [9.17, 15) is 13.5 Å². The summed E-state index contributed by atoms with van der Waals surface area (Å²) in [4.78, 5) is 0. The molecule has 5 nitrogen and oxygen atoms in total. The molecule has 1 saturated heterocycles. The molecule has 6 heteroatoms. The molecule has 3 atom stereocenters. The molecule has 19 heavy (non-hydrogen) atoms. The van der Waals surface area contributed by atoms with E-state index in [4.69, 9.17) is 4.74 Å². The fourth-order valence-corrected chi connectivity index (χ4v) is 5.13. The van der Waals surface area contributed by atoms with Gasteiger partial charge in [-0.1, -0.05) is 12.8 Å². The first kappa shape index (κ1) is 15.2. The number of hydrogen-bond acceptors (Lipinski definition) is 4. The smallest absolute Gasteiger partial charge is 0.216 e. The van der Waals surface area contributed by atoms with Gasteiger partial charge in [0.05, 0.1) is 18.5 Å². The fraction of sp³-hybridized carbons (Fsp3) is 1.00. The molecule has 1 aliphatic heterocycles. The second kappa shape index (κ2) is 6.52. The largest absolute Gasteiger partial charge is 0.393 e. The summed E-state index contributed by atoms with van der Waals surface area (Å²) >= 11 is 0. The zero-order valence-electron chi connectivity index (χ0n) is 11.6. The summed E-state index contributed by atoms with van der Waals surface area (Å²) in [6.07, 6.45) is 5.37. The van der Waals surface area contributed by atoms with Gasteiger partial charge in [0, 0.05) is 25.6 Å². The van der Waals surface area contributed by atoms with Crippen LogP contribution in [0, 0.1) is 5.92 Å². The highest BCUT2D eigenvalue weighted by atomic mass is 32.2. The lowest BCUT2D eigenvalue weighted by atomic mass is 9.81. The molecule has 2 rings (SSSR count). The number of aliphatic hydroxyl groups is 1. The van der Waals surface area contributed by atoms with E-state index in [1.807, 2.05) is 0 Å². The van der Waals surface area contributed by atoms with Crippen LogP contribution in [-0.2, 0) is 14.8 Å². The molecule has 0 aromatic rings. The van der Waals surface area contributed by atoms with E-state index in [0.29, 0.717) is 6.54 Å². The number of ether oxygens (including phenoxy) is 1. The van der Waals surface area contributed by atoms with Crippen LogP contribution in [0.25, 0.3) is 0 Å². The Morgan fingerprint density at radius 1 is 1.21 bits per heavy atom. The molecule has 0 amide bonds. The van der Waals surface area contributed by atoms with Crippen molar-refractivity contribution in [3.05, 3.63) is 0 Å². The van der Waals surface area contributed by atoms with Gasteiger partial charge in [-0.3, -0.25) is 0 Å².